The Morgan fingerprint density at radius 1 is 1.12 bits per heavy atom. The van der Waals surface area contributed by atoms with Gasteiger partial charge < -0.3 is 5.32 Å². The van der Waals surface area contributed by atoms with Crippen molar-refractivity contribution in [3.63, 3.8) is 0 Å². The third-order valence-electron chi connectivity index (χ3n) is 3.68. The SMILES string of the molecule is C=C(C)c1cccc(C(C)(C)NC(=O)NN=Cc2ccccc2)c1. The van der Waals surface area contributed by atoms with Gasteiger partial charge in [-0.15, -0.1) is 0 Å². The van der Waals surface area contributed by atoms with Gasteiger partial charge in [0.25, 0.3) is 0 Å². The Morgan fingerprint density at radius 2 is 1.83 bits per heavy atom. The first-order valence-electron chi connectivity index (χ1n) is 7.81. The molecule has 0 saturated heterocycles. The van der Waals surface area contributed by atoms with E-state index in [2.05, 4.69) is 22.4 Å². The highest BCUT2D eigenvalue weighted by molar-refractivity contribution is 5.82. The molecule has 4 nitrogen and oxygen atoms in total. The van der Waals surface area contributed by atoms with Crippen molar-refractivity contribution in [2.24, 2.45) is 5.10 Å². The van der Waals surface area contributed by atoms with E-state index in [1.807, 2.05) is 75.4 Å². The largest absolute Gasteiger partial charge is 0.335 e. The molecule has 0 bridgehead atoms. The molecule has 124 valence electrons. The molecule has 0 spiro atoms. The summed E-state index contributed by atoms with van der Waals surface area (Å²) in [6.07, 6.45) is 1.61. The van der Waals surface area contributed by atoms with Gasteiger partial charge >= 0.3 is 6.03 Å². The molecule has 2 rings (SSSR count). The second-order valence-corrected chi connectivity index (χ2v) is 6.22. The van der Waals surface area contributed by atoms with Crippen molar-refractivity contribution in [3.05, 3.63) is 77.9 Å². The zero-order chi connectivity index (χ0) is 17.6. The Hall–Kier alpha value is -2.88. The molecule has 0 unspecified atom stereocenters. The maximum atomic E-state index is 12.1. The zero-order valence-electron chi connectivity index (χ0n) is 14.3. The molecule has 4 heteroatoms. The van der Waals surface area contributed by atoms with Crippen molar-refractivity contribution in [3.8, 4) is 0 Å². The summed E-state index contributed by atoms with van der Waals surface area (Å²) < 4.78 is 0. The summed E-state index contributed by atoms with van der Waals surface area (Å²) in [5.74, 6) is 0. The highest BCUT2D eigenvalue weighted by Crippen LogP contribution is 2.23. The molecule has 2 aromatic rings. The summed E-state index contributed by atoms with van der Waals surface area (Å²) in [6.45, 7) is 9.82. The van der Waals surface area contributed by atoms with Crippen molar-refractivity contribution < 1.29 is 4.79 Å². The standard InChI is InChI=1S/C20H23N3O/c1-15(2)17-11-8-12-18(13-17)20(3,4)22-19(24)23-21-14-16-9-6-5-7-10-16/h5-14H,1H2,2-4H3,(H2,22,23,24). The molecule has 0 aliphatic heterocycles. The number of carbonyl (C=O) groups is 1. The summed E-state index contributed by atoms with van der Waals surface area (Å²) in [5.41, 5.74) is 5.94. The van der Waals surface area contributed by atoms with Gasteiger partial charge in [-0.3, -0.25) is 0 Å². The van der Waals surface area contributed by atoms with Gasteiger partial charge in [0.15, 0.2) is 0 Å². The molecular formula is C20H23N3O. The normalized spacial score (nSPS) is 11.3. The molecular weight excluding hydrogens is 298 g/mol. The number of carbonyl (C=O) groups excluding carboxylic acids is 1. The Labute approximate surface area is 143 Å². The maximum absolute atomic E-state index is 12.1. The Kier molecular flexibility index (Phi) is 5.53. The number of hydrazone groups is 1. The molecule has 2 amide bonds. The molecule has 0 aromatic heterocycles. The van der Waals surface area contributed by atoms with Crippen LogP contribution >= 0.6 is 0 Å². The van der Waals surface area contributed by atoms with Gasteiger partial charge in [0.2, 0.25) is 0 Å². The molecule has 2 aromatic carbocycles. The van der Waals surface area contributed by atoms with Crippen LogP contribution in [0.1, 0.15) is 37.5 Å². The zero-order valence-corrected chi connectivity index (χ0v) is 14.3. The quantitative estimate of drug-likeness (QED) is 0.626. The van der Waals surface area contributed by atoms with Crippen LogP contribution in [0.4, 0.5) is 4.79 Å². The molecule has 0 saturated carbocycles. The first-order chi connectivity index (χ1) is 11.4. The van der Waals surface area contributed by atoms with Crippen LogP contribution in [-0.4, -0.2) is 12.2 Å². The molecule has 0 aliphatic rings. The summed E-state index contributed by atoms with van der Waals surface area (Å²) >= 11 is 0. The monoisotopic (exact) mass is 321 g/mol. The number of nitrogens with zero attached hydrogens (tertiary/aromatic N) is 1. The van der Waals surface area contributed by atoms with Crippen molar-refractivity contribution in [2.45, 2.75) is 26.3 Å². The van der Waals surface area contributed by atoms with Crippen LogP contribution in [0.2, 0.25) is 0 Å². The topological polar surface area (TPSA) is 53.5 Å². The fourth-order valence-electron chi connectivity index (χ4n) is 2.26. The third kappa shape index (κ3) is 4.81. The fraction of sp³-hybridized carbons (Fsp3) is 0.200. The molecule has 0 atom stereocenters. The number of hydrogen-bond donors (Lipinski definition) is 2. The molecule has 0 aliphatic carbocycles. The van der Waals surface area contributed by atoms with Crippen LogP contribution in [0.25, 0.3) is 5.57 Å². The Morgan fingerprint density at radius 3 is 2.50 bits per heavy atom. The van der Waals surface area contributed by atoms with E-state index in [0.29, 0.717) is 0 Å². The van der Waals surface area contributed by atoms with E-state index in [1.54, 1.807) is 6.21 Å². The Bertz CT molecular complexity index is 748. The summed E-state index contributed by atoms with van der Waals surface area (Å²) in [5, 5.41) is 6.90. The minimum Gasteiger partial charge on any atom is -0.328 e. The van der Waals surface area contributed by atoms with Gasteiger partial charge in [-0.05, 0) is 43.5 Å². The van der Waals surface area contributed by atoms with Crippen molar-refractivity contribution in [2.75, 3.05) is 0 Å². The van der Waals surface area contributed by atoms with E-state index in [0.717, 1.165) is 22.3 Å². The lowest BCUT2D eigenvalue weighted by molar-refractivity contribution is 0.230. The van der Waals surface area contributed by atoms with Gasteiger partial charge in [-0.2, -0.15) is 5.10 Å². The van der Waals surface area contributed by atoms with Crippen molar-refractivity contribution in [1.82, 2.24) is 10.7 Å². The third-order valence-corrected chi connectivity index (χ3v) is 3.68. The van der Waals surface area contributed by atoms with Gasteiger partial charge in [0, 0.05) is 0 Å². The molecule has 0 heterocycles. The first-order valence-corrected chi connectivity index (χ1v) is 7.81. The Balaban J connectivity index is 2.00. The minimum absolute atomic E-state index is 0.354. The first kappa shape index (κ1) is 17.5. The molecule has 0 fully saturated rings. The predicted molar refractivity (Wildman–Crippen MR) is 99.9 cm³/mol. The second-order valence-electron chi connectivity index (χ2n) is 6.22. The van der Waals surface area contributed by atoms with Gasteiger partial charge in [-0.1, -0.05) is 60.7 Å². The van der Waals surface area contributed by atoms with Crippen LogP contribution in [0.3, 0.4) is 0 Å². The van der Waals surface area contributed by atoms with E-state index in [-0.39, 0.29) is 6.03 Å². The average Bonchev–Trinajstić information content (AvgIpc) is 2.55. The average molecular weight is 321 g/mol. The van der Waals surface area contributed by atoms with Gasteiger partial charge in [0.1, 0.15) is 0 Å². The highest BCUT2D eigenvalue weighted by atomic mass is 16.2. The number of hydrogen-bond acceptors (Lipinski definition) is 2. The maximum Gasteiger partial charge on any atom is 0.335 e. The number of rotatable bonds is 5. The van der Waals surface area contributed by atoms with Crippen molar-refractivity contribution in [1.29, 1.82) is 0 Å². The lowest BCUT2D eigenvalue weighted by atomic mass is 9.92. The highest BCUT2D eigenvalue weighted by Gasteiger charge is 2.23. The lowest BCUT2D eigenvalue weighted by Gasteiger charge is -2.27. The van der Waals surface area contributed by atoms with E-state index >= 15 is 0 Å². The lowest BCUT2D eigenvalue weighted by Crippen LogP contribution is -2.45. The molecule has 24 heavy (non-hydrogen) atoms. The number of urea groups is 1. The fourth-order valence-corrected chi connectivity index (χ4v) is 2.26. The summed E-state index contributed by atoms with van der Waals surface area (Å²) in [6, 6.07) is 17.2. The summed E-state index contributed by atoms with van der Waals surface area (Å²) in [4.78, 5) is 12.1. The number of nitrogens with one attached hydrogen (secondary N) is 2. The number of benzene rings is 2. The number of amides is 2. The number of allylic oxidation sites excluding steroid dienone is 1. The van der Waals surface area contributed by atoms with Crippen LogP contribution in [-0.2, 0) is 5.54 Å². The molecule has 2 N–H and O–H groups in total. The second kappa shape index (κ2) is 7.59. The predicted octanol–water partition coefficient (Wildman–Crippen LogP) is 4.29. The smallest absolute Gasteiger partial charge is 0.328 e. The van der Waals surface area contributed by atoms with E-state index in [9.17, 15) is 4.79 Å². The van der Waals surface area contributed by atoms with Crippen LogP contribution in [0.5, 0.6) is 0 Å². The minimum atomic E-state index is -0.530. The van der Waals surface area contributed by atoms with Crippen molar-refractivity contribution >= 4 is 17.8 Å². The van der Waals surface area contributed by atoms with Gasteiger partial charge in [-0.25, -0.2) is 10.2 Å². The summed E-state index contributed by atoms with van der Waals surface area (Å²) in [7, 11) is 0. The van der Waals surface area contributed by atoms with E-state index in [4.69, 9.17) is 0 Å². The van der Waals surface area contributed by atoms with Crippen LogP contribution in [0.15, 0.2) is 66.3 Å². The van der Waals surface area contributed by atoms with Crippen LogP contribution < -0.4 is 10.7 Å². The van der Waals surface area contributed by atoms with E-state index < -0.39 is 5.54 Å². The van der Waals surface area contributed by atoms with E-state index in [1.165, 1.54) is 0 Å². The van der Waals surface area contributed by atoms with Gasteiger partial charge in [0.05, 0.1) is 11.8 Å². The van der Waals surface area contributed by atoms with Crippen LogP contribution in [0, 0.1) is 0 Å². The molecule has 0 radical (unpaired) electrons.